The van der Waals surface area contributed by atoms with Crippen molar-refractivity contribution in [2.24, 2.45) is 0 Å². The van der Waals surface area contributed by atoms with E-state index in [1.54, 1.807) is 12.1 Å². The van der Waals surface area contributed by atoms with E-state index in [0.29, 0.717) is 5.56 Å². The number of hydrogen-bond acceptors (Lipinski definition) is 10. The van der Waals surface area contributed by atoms with Gasteiger partial charge in [0.2, 0.25) is 6.29 Å². The van der Waals surface area contributed by atoms with Crippen LogP contribution in [0.15, 0.2) is 36.4 Å². The number of phenols is 1. The summed E-state index contributed by atoms with van der Waals surface area (Å²) < 4.78 is 22.4. The first kappa shape index (κ1) is 22.3. The summed E-state index contributed by atoms with van der Waals surface area (Å²) in [4.78, 5) is 12.8. The second-order valence-corrected chi connectivity index (χ2v) is 7.64. The molecule has 172 valence electrons. The maximum atomic E-state index is 12.8. The van der Waals surface area contributed by atoms with Crippen molar-refractivity contribution in [3.05, 3.63) is 47.5 Å². The van der Waals surface area contributed by atoms with Gasteiger partial charge < -0.3 is 44.5 Å². The Morgan fingerprint density at radius 2 is 1.78 bits per heavy atom. The molecule has 1 fully saturated rings. The average Bonchev–Trinajstić information content (AvgIpc) is 2.79. The highest BCUT2D eigenvalue weighted by Gasteiger charge is 2.45. The maximum absolute atomic E-state index is 12.8. The Morgan fingerprint density at radius 3 is 2.44 bits per heavy atom. The number of fused-ring (bicyclic) bond motifs is 1. The van der Waals surface area contributed by atoms with Gasteiger partial charge in [-0.15, -0.1) is 0 Å². The third-order valence-corrected chi connectivity index (χ3v) is 5.54. The summed E-state index contributed by atoms with van der Waals surface area (Å²) in [6, 6.07) is 9.16. The van der Waals surface area contributed by atoms with Crippen LogP contribution in [0.2, 0.25) is 0 Å². The van der Waals surface area contributed by atoms with Crippen LogP contribution >= 0.6 is 0 Å². The highest BCUT2D eigenvalue weighted by atomic mass is 16.7. The van der Waals surface area contributed by atoms with E-state index in [0.717, 1.165) is 0 Å². The van der Waals surface area contributed by atoms with Gasteiger partial charge in [-0.05, 0) is 17.7 Å². The van der Waals surface area contributed by atoms with Crippen LogP contribution in [0.3, 0.4) is 0 Å². The molecule has 2 aliphatic rings. The average molecular weight is 448 g/mol. The number of benzene rings is 2. The van der Waals surface area contributed by atoms with Crippen LogP contribution in [0.4, 0.5) is 0 Å². The molecule has 10 heteroatoms. The number of aliphatic hydroxyl groups excluding tert-OH is 4. The molecule has 2 aliphatic heterocycles. The lowest BCUT2D eigenvalue weighted by atomic mass is 9.95. The zero-order valence-corrected chi connectivity index (χ0v) is 17.1. The number of methoxy groups -OCH3 is 1. The monoisotopic (exact) mass is 448 g/mol. The zero-order valence-electron chi connectivity index (χ0n) is 17.1. The molecular formula is C22H24O10. The van der Waals surface area contributed by atoms with Crippen molar-refractivity contribution in [2.45, 2.75) is 43.2 Å². The van der Waals surface area contributed by atoms with Gasteiger partial charge in [0, 0.05) is 12.1 Å². The molecule has 4 rings (SSSR count). The van der Waals surface area contributed by atoms with Crippen molar-refractivity contribution >= 4 is 5.78 Å². The summed E-state index contributed by atoms with van der Waals surface area (Å²) in [6.07, 6.45) is -7.76. The minimum atomic E-state index is -1.60. The van der Waals surface area contributed by atoms with E-state index < -0.39 is 43.4 Å². The molecule has 0 amide bonds. The quantitative estimate of drug-likeness (QED) is 0.431. The number of carbonyl (C=O) groups is 1. The second kappa shape index (κ2) is 8.93. The van der Waals surface area contributed by atoms with Crippen LogP contribution in [0.5, 0.6) is 23.0 Å². The minimum absolute atomic E-state index is 0.0705. The van der Waals surface area contributed by atoms with Gasteiger partial charge in [0.1, 0.15) is 59.1 Å². The highest BCUT2D eigenvalue weighted by molar-refractivity contribution is 6.02. The Hall–Kier alpha value is -2.89. The van der Waals surface area contributed by atoms with Crippen LogP contribution < -0.4 is 14.2 Å². The van der Waals surface area contributed by atoms with Gasteiger partial charge in [-0.1, -0.05) is 12.1 Å². The van der Waals surface area contributed by atoms with Crippen molar-refractivity contribution < 1.29 is 49.3 Å². The first-order chi connectivity index (χ1) is 15.3. The molecule has 6 unspecified atom stereocenters. The number of ketones is 1. The number of hydrogen-bond donors (Lipinski definition) is 5. The van der Waals surface area contributed by atoms with Gasteiger partial charge in [0.05, 0.1) is 20.1 Å². The molecule has 6 atom stereocenters. The summed E-state index contributed by atoms with van der Waals surface area (Å²) in [7, 11) is 1.38. The number of rotatable bonds is 5. The predicted octanol–water partition coefficient (Wildman–Crippen LogP) is 0.286. The molecule has 0 saturated carbocycles. The molecule has 2 aromatic rings. The highest BCUT2D eigenvalue weighted by Crippen LogP contribution is 2.43. The lowest BCUT2D eigenvalue weighted by molar-refractivity contribution is -0.277. The van der Waals surface area contributed by atoms with Gasteiger partial charge in [0.15, 0.2) is 5.78 Å². The summed E-state index contributed by atoms with van der Waals surface area (Å²) in [5.74, 6) is 0.382. The zero-order chi connectivity index (χ0) is 23.0. The van der Waals surface area contributed by atoms with Crippen molar-refractivity contribution in [1.82, 2.24) is 0 Å². The van der Waals surface area contributed by atoms with Gasteiger partial charge in [-0.25, -0.2) is 0 Å². The number of aromatic hydroxyl groups is 1. The van der Waals surface area contributed by atoms with E-state index in [1.807, 2.05) is 0 Å². The molecule has 0 spiro atoms. The Bertz CT molecular complexity index is 973. The smallest absolute Gasteiger partial charge is 0.229 e. The third-order valence-electron chi connectivity index (χ3n) is 5.54. The van der Waals surface area contributed by atoms with Gasteiger partial charge in [-0.3, -0.25) is 4.79 Å². The topological polar surface area (TPSA) is 155 Å². The number of carbonyl (C=O) groups excluding carboxylic acids is 1. The summed E-state index contributed by atoms with van der Waals surface area (Å²) >= 11 is 0. The normalized spacial score (nSPS) is 29.7. The molecule has 0 aromatic heterocycles. The lowest BCUT2D eigenvalue weighted by Crippen LogP contribution is -2.60. The molecule has 0 radical (unpaired) electrons. The van der Waals surface area contributed by atoms with Gasteiger partial charge >= 0.3 is 0 Å². The Kier molecular flexibility index (Phi) is 6.22. The SMILES string of the molecule is COc1cc(OC2OC(CO)C(O)C(O)C2O)cc2c1C(=O)CC(c1ccc(O)cc1)O2. The van der Waals surface area contributed by atoms with Crippen LogP contribution in [0.1, 0.15) is 28.4 Å². The summed E-state index contributed by atoms with van der Waals surface area (Å²) in [5.41, 5.74) is 0.935. The molecule has 0 aliphatic carbocycles. The van der Waals surface area contributed by atoms with E-state index in [-0.39, 0.29) is 40.8 Å². The van der Waals surface area contributed by atoms with Crippen LogP contribution in [0.25, 0.3) is 0 Å². The number of phenolic OH excluding ortho intramolecular Hbond substituents is 1. The molecule has 1 saturated heterocycles. The van der Waals surface area contributed by atoms with E-state index in [2.05, 4.69) is 0 Å². The van der Waals surface area contributed by atoms with Crippen LogP contribution in [0, 0.1) is 0 Å². The lowest BCUT2D eigenvalue weighted by Gasteiger charge is -2.39. The van der Waals surface area contributed by atoms with E-state index in [1.165, 1.54) is 31.4 Å². The van der Waals surface area contributed by atoms with E-state index >= 15 is 0 Å². The summed E-state index contributed by atoms with van der Waals surface area (Å²) in [6.45, 7) is -0.593. The molecule has 32 heavy (non-hydrogen) atoms. The Morgan fingerprint density at radius 1 is 1.06 bits per heavy atom. The van der Waals surface area contributed by atoms with Crippen molar-refractivity contribution in [3.63, 3.8) is 0 Å². The van der Waals surface area contributed by atoms with E-state index in [4.69, 9.17) is 18.9 Å². The minimum Gasteiger partial charge on any atom is -0.508 e. The number of Topliss-reactive ketones (excluding diaryl/α,β-unsaturated/α-hetero) is 1. The van der Waals surface area contributed by atoms with Gasteiger partial charge in [-0.2, -0.15) is 0 Å². The Balaban J connectivity index is 1.62. The largest absolute Gasteiger partial charge is 0.508 e. The number of aliphatic hydroxyl groups is 4. The van der Waals surface area contributed by atoms with Crippen LogP contribution in [-0.4, -0.2) is 75.7 Å². The fraction of sp³-hybridized carbons (Fsp3) is 0.409. The molecule has 2 heterocycles. The summed E-state index contributed by atoms with van der Waals surface area (Å²) in [5, 5.41) is 49.0. The third kappa shape index (κ3) is 4.10. The first-order valence-corrected chi connectivity index (χ1v) is 10.0. The van der Waals surface area contributed by atoms with Crippen molar-refractivity contribution in [2.75, 3.05) is 13.7 Å². The second-order valence-electron chi connectivity index (χ2n) is 7.64. The maximum Gasteiger partial charge on any atom is 0.229 e. The fourth-order valence-corrected chi connectivity index (χ4v) is 3.80. The fourth-order valence-electron chi connectivity index (χ4n) is 3.80. The first-order valence-electron chi connectivity index (χ1n) is 10.0. The standard InChI is InChI=1S/C22H24O10/c1-29-15-6-12(30-22-21(28)20(27)19(26)17(9-23)32-22)7-16-18(15)13(25)8-14(31-16)10-2-4-11(24)5-3-10/h2-7,14,17,19-24,26-28H,8-9H2,1H3. The molecule has 5 N–H and O–H groups in total. The van der Waals surface area contributed by atoms with E-state index in [9.17, 15) is 30.3 Å². The molecule has 0 bridgehead atoms. The molecule has 2 aromatic carbocycles. The molecular weight excluding hydrogens is 424 g/mol. The Labute approximate surface area is 183 Å². The number of ether oxygens (including phenoxy) is 4. The molecule has 10 nitrogen and oxygen atoms in total. The van der Waals surface area contributed by atoms with Gasteiger partial charge in [0.25, 0.3) is 0 Å². The van der Waals surface area contributed by atoms with Crippen molar-refractivity contribution in [3.8, 4) is 23.0 Å². The predicted molar refractivity (Wildman–Crippen MR) is 108 cm³/mol. The van der Waals surface area contributed by atoms with Crippen molar-refractivity contribution in [1.29, 1.82) is 0 Å². The van der Waals surface area contributed by atoms with Crippen LogP contribution in [-0.2, 0) is 4.74 Å².